The molecular weight excluding hydrogens is 556 g/mol. The molecule has 0 bridgehead atoms. The van der Waals surface area contributed by atoms with Crippen LogP contribution in [0.25, 0.3) is 0 Å². The quantitative estimate of drug-likeness (QED) is 0.261. The first-order chi connectivity index (χ1) is 19.2. The zero-order valence-electron chi connectivity index (χ0n) is 22.2. The van der Waals surface area contributed by atoms with Crippen LogP contribution in [-0.4, -0.2) is 45.5 Å². The molecule has 1 aromatic heterocycles. The largest absolute Gasteiger partial charge is 0.416 e. The molecule has 3 N–H and O–H groups in total. The fourth-order valence-corrected chi connectivity index (χ4v) is 5.19. The standard InChI is InChI=1S/C27H29F6N5O3/c1-17(19-10-21(26(28,29)30)12-22(11-19)27(31,32)33)41-14-24(20-6-4-3-5-7-20)8-9-25(13-35-24,18(2)34-16-39)38-15-36-37-23(38)40/h3-7,10-12,15,17,35,39H,8-9,13-14,16H2,1-2H3,(H,37,40)/t17-,24-,25+/m1/s1. The number of hydrogen-bond acceptors (Lipinski definition) is 6. The Morgan fingerprint density at radius 2 is 1.73 bits per heavy atom. The van der Waals surface area contributed by atoms with Gasteiger partial charge in [-0.2, -0.15) is 31.4 Å². The molecule has 0 aliphatic carbocycles. The molecule has 0 amide bonds. The van der Waals surface area contributed by atoms with E-state index in [1.54, 1.807) is 25.1 Å². The Labute approximate surface area is 231 Å². The molecule has 0 unspecified atom stereocenters. The van der Waals surface area contributed by atoms with Crippen molar-refractivity contribution in [1.29, 1.82) is 0 Å². The van der Waals surface area contributed by atoms with Crippen molar-refractivity contribution in [3.05, 3.63) is 87.6 Å². The number of piperidine rings is 1. The van der Waals surface area contributed by atoms with Crippen LogP contribution in [0.15, 0.2) is 64.6 Å². The molecule has 2 aromatic carbocycles. The van der Waals surface area contributed by atoms with Crippen LogP contribution in [0.5, 0.6) is 0 Å². The molecule has 3 atom stereocenters. The van der Waals surface area contributed by atoms with Crippen LogP contribution < -0.4 is 11.0 Å². The van der Waals surface area contributed by atoms with Crippen LogP contribution in [0.4, 0.5) is 26.3 Å². The minimum Gasteiger partial charge on any atom is -0.375 e. The summed E-state index contributed by atoms with van der Waals surface area (Å²) in [7, 11) is 0. The van der Waals surface area contributed by atoms with Crippen LogP contribution in [0.2, 0.25) is 0 Å². The lowest BCUT2D eigenvalue weighted by Gasteiger charge is -2.48. The molecule has 0 spiro atoms. The highest BCUT2D eigenvalue weighted by Crippen LogP contribution is 2.41. The zero-order valence-corrected chi connectivity index (χ0v) is 22.2. The molecule has 1 fully saturated rings. The first-order valence-electron chi connectivity index (χ1n) is 12.7. The lowest BCUT2D eigenvalue weighted by molar-refractivity contribution is -0.143. The third kappa shape index (κ3) is 6.23. The lowest BCUT2D eigenvalue weighted by Crippen LogP contribution is -2.62. The molecule has 0 saturated carbocycles. The number of aromatic amines is 1. The molecule has 2 heterocycles. The van der Waals surface area contributed by atoms with Gasteiger partial charge in [0.05, 0.1) is 29.4 Å². The summed E-state index contributed by atoms with van der Waals surface area (Å²) in [6, 6.07) is 10.5. The van der Waals surface area contributed by atoms with Gasteiger partial charge in [-0.1, -0.05) is 30.3 Å². The maximum Gasteiger partial charge on any atom is 0.416 e. The predicted octanol–water partition coefficient (Wildman–Crippen LogP) is 4.77. The van der Waals surface area contributed by atoms with E-state index in [0.29, 0.717) is 30.7 Å². The smallest absolute Gasteiger partial charge is 0.375 e. The minimum absolute atomic E-state index is 0.0814. The second-order valence-electron chi connectivity index (χ2n) is 10.0. The first kappa shape index (κ1) is 30.5. The van der Waals surface area contributed by atoms with Gasteiger partial charge in [-0.15, -0.1) is 0 Å². The van der Waals surface area contributed by atoms with Gasteiger partial charge in [0.25, 0.3) is 0 Å². The Morgan fingerprint density at radius 1 is 1.10 bits per heavy atom. The number of aliphatic hydroxyl groups is 1. The molecule has 1 saturated heterocycles. The van der Waals surface area contributed by atoms with E-state index in [9.17, 15) is 36.2 Å². The Kier molecular flexibility index (Phi) is 8.48. The van der Waals surface area contributed by atoms with Gasteiger partial charge in [-0.3, -0.25) is 9.56 Å². The average molecular weight is 586 g/mol. The molecule has 0 radical (unpaired) electrons. The number of aromatic nitrogens is 3. The number of benzene rings is 2. The number of nitrogens with zero attached hydrogens (tertiary/aromatic N) is 3. The van der Waals surface area contributed by atoms with Crippen LogP contribution in [-0.2, 0) is 28.2 Å². The van der Waals surface area contributed by atoms with E-state index in [4.69, 9.17) is 4.74 Å². The van der Waals surface area contributed by atoms with Crippen molar-refractivity contribution in [2.24, 2.45) is 4.99 Å². The predicted molar refractivity (Wildman–Crippen MR) is 137 cm³/mol. The van der Waals surface area contributed by atoms with E-state index in [0.717, 1.165) is 5.56 Å². The molecule has 41 heavy (non-hydrogen) atoms. The van der Waals surface area contributed by atoms with Crippen molar-refractivity contribution < 1.29 is 36.2 Å². The molecule has 1 aliphatic heterocycles. The number of halogens is 6. The van der Waals surface area contributed by atoms with Gasteiger partial charge >= 0.3 is 18.0 Å². The van der Waals surface area contributed by atoms with Crippen molar-refractivity contribution in [1.82, 2.24) is 20.1 Å². The second kappa shape index (κ2) is 11.4. The molecule has 14 heteroatoms. The van der Waals surface area contributed by atoms with Gasteiger partial charge in [0.1, 0.15) is 18.6 Å². The van der Waals surface area contributed by atoms with E-state index < -0.39 is 53.1 Å². The molecule has 1 aliphatic rings. The fourth-order valence-electron chi connectivity index (χ4n) is 5.19. The van der Waals surface area contributed by atoms with Crippen LogP contribution in [0.3, 0.4) is 0 Å². The summed E-state index contributed by atoms with van der Waals surface area (Å²) in [5.41, 5.74) is -4.26. The number of aliphatic imine (C=N–C) groups is 1. The van der Waals surface area contributed by atoms with Crippen molar-refractivity contribution in [3.63, 3.8) is 0 Å². The lowest BCUT2D eigenvalue weighted by atomic mass is 9.74. The highest BCUT2D eigenvalue weighted by Gasteiger charge is 2.47. The van der Waals surface area contributed by atoms with Crippen LogP contribution >= 0.6 is 0 Å². The summed E-state index contributed by atoms with van der Waals surface area (Å²) in [5.74, 6) is 0. The van der Waals surface area contributed by atoms with Gasteiger partial charge in [0.2, 0.25) is 0 Å². The van der Waals surface area contributed by atoms with Crippen molar-refractivity contribution in [2.45, 2.75) is 56.2 Å². The number of hydrogen-bond donors (Lipinski definition) is 3. The minimum atomic E-state index is -4.98. The molecular formula is C27H29F6N5O3. The van der Waals surface area contributed by atoms with Crippen LogP contribution in [0, 0.1) is 0 Å². The summed E-state index contributed by atoms with van der Waals surface area (Å²) in [5, 5.41) is 19.0. The summed E-state index contributed by atoms with van der Waals surface area (Å²) in [6.45, 7) is 2.60. The molecule has 222 valence electrons. The van der Waals surface area contributed by atoms with E-state index in [1.807, 2.05) is 12.1 Å². The van der Waals surface area contributed by atoms with Crippen LogP contribution in [0.1, 0.15) is 55.0 Å². The maximum absolute atomic E-state index is 13.4. The topological polar surface area (TPSA) is 105 Å². The number of alkyl halides is 6. The SMILES string of the molecule is CC(=NCO)[C@]1(n2cn[nH]c2=O)CC[C@@](CO[C@H](C)c2cc(C(F)(F)F)cc(C(F)(F)F)c2)(c2ccccc2)NC1. The van der Waals surface area contributed by atoms with Gasteiger partial charge in [-0.25, -0.2) is 9.89 Å². The Balaban J connectivity index is 1.66. The van der Waals surface area contributed by atoms with Gasteiger partial charge in [0, 0.05) is 12.3 Å². The Bertz CT molecular complexity index is 1390. The van der Waals surface area contributed by atoms with Crippen molar-refractivity contribution in [3.8, 4) is 0 Å². The van der Waals surface area contributed by atoms with E-state index in [-0.39, 0.29) is 24.8 Å². The van der Waals surface area contributed by atoms with E-state index in [2.05, 4.69) is 20.5 Å². The maximum atomic E-state index is 13.4. The Morgan fingerprint density at radius 3 is 2.22 bits per heavy atom. The number of ether oxygens (including phenoxy) is 1. The Hall–Kier alpha value is -3.49. The number of nitrogens with one attached hydrogen (secondary N) is 2. The average Bonchev–Trinajstić information content (AvgIpc) is 3.37. The number of H-pyrrole nitrogens is 1. The van der Waals surface area contributed by atoms with Gasteiger partial charge < -0.3 is 15.2 Å². The summed E-state index contributed by atoms with van der Waals surface area (Å²) in [4.78, 5) is 16.7. The highest BCUT2D eigenvalue weighted by molar-refractivity contribution is 5.90. The molecule has 3 aromatic rings. The number of aliphatic hydroxyl groups excluding tert-OH is 1. The third-order valence-electron chi connectivity index (χ3n) is 7.66. The normalized spacial score (nSPS) is 23.0. The van der Waals surface area contributed by atoms with Crippen molar-refractivity contribution in [2.75, 3.05) is 19.9 Å². The van der Waals surface area contributed by atoms with Crippen molar-refractivity contribution >= 4 is 5.71 Å². The second-order valence-corrected chi connectivity index (χ2v) is 10.0. The first-order valence-corrected chi connectivity index (χ1v) is 12.7. The number of rotatable bonds is 8. The summed E-state index contributed by atoms with van der Waals surface area (Å²) >= 11 is 0. The monoisotopic (exact) mass is 585 g/mol. The van der Waals surface area contributed by atoms with E-state index in [1.165, 1.54) is 17.8 Å². The highest BCUT2D eigenvalue weighted by atomic mass is 19.4. The van der Waals surface area contributed by atoms with E-state index >= 15 is 0 Å². The summed E-state index contributed by atoms with van der Waals surface area (Å²) < 4.78 is 87.9. The van der Waals surface area contributed by atoms with Gasteiger partial charge in [0.15, 0.2) is 0 Å². The van der Waals surface area contributed by atoms with Gasteiger partial charge in [-0.05, 0) is 56.0 Å². The third-order valence-corrected chi connectivity index (χ3v) is 7.66. The fraction of sp³-hybridized carbons (Fsp3) is 0.444. The summed E-state index contributed by atoms with van der Waals surface area (Å²) in [6.07, 6.45) is -9.09. The molecule has 8 nitrogen and oxygen atoms in total. The molecule has 4 rings (SSSR count). The zero-order chi connectivity index (χ0) is 30.1.